The standard InChI is InChI=1S/C23H19N3O3S/c1-4-14-7-8-17-16(10-14)20(27)18-19(15-6-5-9-24-11-15)26(22(28)21(18)29-17)23-25-12(2)13(3)30-23/h5-11,19H,4H2,1-3H3. The summed E-state index contributed by atoms with van der Waals surface area (Å²) in [6, 6.07) is 8.58. The van der Waals surface area contributed by atoms with Gasteiger partial charge in [-0.3, -0.25) is 19.5 Å². The monoisotopic (exact) mass is 417 g/mol. The van der Waals surface area contributed by atoms with Crippen molar-refractivity contribution in [1.82, 2.24) is 9.97 Å². The van der Waals surface area contributed by atoms with Crippen molar-refractivity contribution in [1.29, 1.82) is 0 Å². The van der Waals surface area contributed by atoms with E-state index < -0.39 is 6.04 Å². The number of anilines is 1. The van der Waals surface area contributed by atoms with Gasteiger partial charge in [0, 0.05) is 17.3 Å². The molecule has 0 fully saturated rings. The molecule has 150 valence electrons. The Bertz CT molecular complexity index is 1340. The zero-order chi connectivity index (χ0) is 21.0. The maximum Gasteiger partial charge on any atom is 0.297 e. The Morgan fingerprint density at radius 1 is 1.20 bits per heavy atom. The van der Waals surface area contributed by atoms with Crippen LogP contribution < -0.4 is 10.3 Å². The van der Waals surface area contributed by atoms with Crippen LogP contribution in [0.3, 0.4) is 0 Å². The van der Waals surface area contributed by atoms with Crippen molar-refractivity contribution >= 4 is 33.3 Å². The third-order valence-electron chi connectivity index (χ3n) is 5.57. The van der Waals surface area contributed by atoms with Crippen molar-refractivity contribution in [3.05, 3.63) is 86.0 Å². The second kappa shape index (κ2) is 6.88. The number of aromatic nitrogens is 2. The van der Waals surface area contributed by atoms with Gasteiger partial charge in [-0.05, 0) is 49.6 Å². The Labute approximate surface area is 176 Å². The number of fused-ring (bicyclic) bond motifs is 2. The van der Waals surface area contributed by atoms with E-state index in [0.717, 1.165) is 28.1 Å². The minimum Gasteiger partial charge on any atom is -0.450 e. The molecule has 3 aromatic heterocycles. The molecule has 7 heteroatoms. The van der Waals surface area contributed by atoms with Crippen molar-refractivity contribution in [3.63, 3.8) is 0 Å². The summed E-state index contributed by atoms with van der Waals surface area (Å²) in [7, 11) is 0. The average molecular weight is 417 g/mol. The van der Waals surface area contributed by atoms with Crippen LogP contribution in [0.25, 0.3) is 11.0 Å². The fourth-order valence-electron chi connectivity index (χ4n) is 3.85. The molecule has 0 saturated heterocycles. The van der Waals surface area contributed by atoms with E-state index in [2.05, 4.69) is 9.97 Å². The van der Waals surface area contributed by atoms with Crippen molar-refractivity contribution in [2.75, 3.05) is 4.90 Å². The lowest BCUT2D eigenvalue weighted by Gasteiger charge is -2.22. The Kier molecular flexibility index (Phi) is 4.29. The van der Waals surface area contributed by atoms with Gasteiger partial charge in [-0.25, -0.2) is 4.98 Å². The number of hydrogen-bond acceptors (Lipinski definition) is 6. The smallest absolute Gasteiger partial charge is 0.297 e. The lowest BCUT2D eigenvalue weighted by molar-refractivity contribution is 0.0971. The Morgan fingerprint density at radius 2 is 2.03 bits per heavy atom. The third-order valence-corrected chi connectivity index (χ3v) is 6.64. The molecule has 0 bridgehead atoms. The molecule has 1 aliphatic rings. The van der Waals surface area contributed by atoms with Crippen LogP contribution in [0, 0.1) is 13.8 Å². The van der Waals surface area contributed by atoms with Crippen LogP contribution in [-0.4, -0.2) is 15.9 Å². The van der Waals surface area contributed by atoms with Gasteiger partial charge in [-0.2, -0.15) is 0 Å². The first-order chi connectivity index (χ1) is 14.5. The van der Waals surface area contributed by atoms with Gasteiger partial charge in [0.2, 0.25) is 5.76 Å². The number of rotatable bonds is 3. The number of carbonyl (C=O) groups is 1. The quantitative estimate of drug-likeness (QED) is 0.488. The summed E-state index contributed by atoms with van der Waals surface area (Å²) in [6.45, 7) is 5.91. The number of aryl methyl sites for hydroxylation is 3. The van der Waals surface area contributed by atoms with Crippen molar-refractivity contribution in [2.45, 2.75) is 33.2 Å². The summed E-state index contributed by atoms with van der Waals surface area (Å²) in [4.78, 5) is 38.4. The predicted octanol–water partition coefficient (Wildman–Crippen LogP) is 4.57. The van der Waals surface area contributed by atoms with Crippen LogP contribution in [0.2, 0.25) is 0 Å². The van der Waals surface area contributed by atoms with Gasteiger partial charge >= 0.3 is 0 Å². The molecule has 0 spiro atoms. The zero-order valence-electron chi connectivity index (χ0n) is 16.8. The summed E-state index contributed by atoms with van der Waals surface area (Å²) < 4.78 is 6.00. The highest BCUT2D eigenvalue weighted by atomic mass is 32.1. The molecule has 1 aromatic carbocycles. The SMILES string of the molecule is CCc1ccc2oc3c(c(=O)c2c1)C(c1cccnc1)N(c1nc(C)c(C)s1)C3=O. The van der Waals surface area contributed by atoms with E-state index in [0.29, 0.717) is 21.7 Å². The number of thiazole rings is 1. The first kappa shape index (κ1) is 18.7. The van der Waals surface area contributed by atoms with E-state index >= 15 is 0 Å². The Balaban J connectivity index is 1.82. The molecule has 5 rings (SSSR count). The number of carbonyl (C=O) groups excluding carboxylic acids is 1. The van der Waals surface area contributed by atoms with Crippen molar-refractivity contribution in [2.24, 2.45) is 0 Å². The first-order valence-electron chi connectivity index (χ1n) is 9.76. The summed E-state index contributed by atoms with van der Waals surface area (Å²) >= 11 is 1.43. The lowest BCUT2D eigenvalue weighted by Crippen LogP contribution is -2.29. The van der Waals surface area contributed by atoms with E-state index in [4.69, 9.17) is 4.42 Å². The lowest BCUT2D eigenvalue weighted by atomic mass is 9.99. The number of nitrogens with zero attached hydrogens (tertiary/aromatic N) is 3. The number of amides is 1. The molecule has 0 N–H and O–H groups in total. The maximum atomic E-state index is 13.6. The summed E-state index contributed by atoms with van der Waals surface area (Å²) in [5, 5.41) is 1.04. The summed E-state index contributed by atoms with van der Waals surface area (Å²) in [5.74, 6) is -0.276. The molecule has 30 heavy (non-hydrogen) atoms. The largest absolute Gasteiger partial charge is 0.450 e. The topological polar surface area (TPSA) is 76.3 Å². The van der Waals surface area contributed by atoms with Gasteiger partial charge in [-0.15, -0.1) is 11.3 Å². The molecule has 1 amide bonds. The first-order valence-corrected chi connectivity index (χ1v) is 10.6. The number of benzene rings is 1. The third kappa shape index (κ3) is 2.69. The fourth-order valence-corrected chi connectivity index (χ4v) is 4.79. The second-order valence-electron chi connectivity index (χ2n) is 7.36. The fraction of sp³-hybridized carbons (Fsp3) is 0.217. The van der Waals surface area contributed by atoms with E-state index in [1.54, 1.807) is 29.4 Å². The predicted molar refractivity (Wildman–Crippen MR) is 116 cm³/mol. The molecule has 1 unspecified atom stereocenters. The van der Waals surface area contributed by atoms with Crippen molar-refractivity contribution in [3.8, 4) is 0 Å². The number of pyridine rings is 1. The van der Waals surface area contributed by atoms with E-state index in [1.165, 1.54) is 11.3 Å². The second-order valence-corrected chi connectivity index (χ2v) is 8.54. The maximum absolute atomic E-state index is 13.6. The number of hydrogen-bond donors (Lipinski definition) is 0. The van der Waals surface area contributed by atoms with Crippen molar-refractivity contribution < 1.29 is 9.21 Å². The Morgan fingerprint density at radius 3 is 2.70 bits per heavy atom. The molecule has 1 aliphatic heterocycles. The summed E-state index contributed by atoms with van der Waals surface area (Å²) in [5.41, 5.74) is 3.23. The molecular formula is C23H19N3O3S. The molecular weight excluding hydrogens is 398 g/mol. The molecule has 4 aromatic rings. The zero-order valence-corrected chi connectivity index (χ0v) is 17.6. The van der Waals surface area contributed by atoms with Crippen LogP contribution in [0.4, 0.5) is 5.13 Å². The highest BCUT2D eigenvalue weighted by Crippen LogP contribution is 2.42. The molecule has 6 nitrogen and oxygen atoms in total. The minimum atomic E-state index is -0.628. The highest BCUT2D eigenvalue weighted by Gasteiger charge is 2.45. The van der Waals surface area contributed by atoms with E-state index in [-0.39, 0.29) is 17.1 Å². The van der Waals surface area contributed by atoms with E-state index in [1.807, 2.05) is 39.0 Å². The van der Waals surface area contributed by atoms with Gasteiger partial charge < -0.3 is 4.42 Å². The molecule has 0 radical (unpaired) electrons. The van der Waals surface area contributed by atoms with Crippen LogP contribution in [-0.2, 0) is 6.42 Å². The van der Waals surface area contributed by atoms with Gasteiger partial charge in [-0.1, -0.05) is 19.1 Å². The normalized spacial score (nSPS) is 15.8. The molecule has 4 heterocycles. The van der Waals surface area contributed by atoms with Gasteiger partial charge in [0.1, 0.15) is 5.58 Å². The highest BCUT2D eigenvalue weighted by molar-refractivity contribution is 7.15. The summed E-state index contributed by atoms with van der Waals surface area (Å²) in [6.07, 6.45) is 4.15. The van der Waals surface area contributed by atoms with Gasteiger partial charge in [0.15, 0.2) is 10.6 Å². The Hall–Kier alpha value is -3.32. The van der Waals surface area contributed by atoms with Gasteiger partial charge in [0.25, 0.3) is 5.91 Å². The minimum absolute atomic E-state index is 0.0797. The van der Waals surface area contributed by atoms with Crippen LogP contribution in [0.1, 0.15) is 50.8 Å². The average Bonchev–Trinajstić information content (AvgIpc) is 3.25. The van der Waals surface area contributed by atoms with Gasteiger partial charge in [0.05, 0.1) is 22.7 Å². The van der Waals surface area contributed by atoms with Crippen LogP contribution in [0.15, 0.2) is 51.9 Å². The molecule has 0 saturated carbocycles. The van der Waals surface area contributed by atoms with Crippen LogP contribution >= 0.6 is 11.3 Å². The molecule has 0 aliphatic carbocycles. The molecule has 1 atom stereocenters. The van der Waals surface area contributed by atoms with Crippen LogP contribution in [0.5, 0.6) is 0 Å². The van der Waals surface area contributed by atoms with E-state index in [9.17, 15) is 9.59 Å².